The fourth-order valence-corrected chi connectivity index (χ4v) is 3.15. The number of carbonyl (C=O) groups is 2. The zero-order valence-electron chi connectivity index (χ0n) is 7.96. The fraction of sp³-hybridized carbons (Fsp3) is 0.800. The first-order chi connectivity index (χ1) is 5.87. The largest absolute Gasteiger partial charge is 0.481 e. The highest BCUT2D eigenvalue weighted by molar-refractivity contribution is 5.91. The summed E-state index contributed by atoms with van der Waals surface area (Å²) in [5.41, 5.74) is -0.602. The molecule has 1 N–H and O–H groups in total. The molecule has 3 atom stereocenters. The predicted molar refractivity (Wildman–Crippen MR) is 46.2 cm³/mol. The van der Waals surface area contributed by atoms with Gasteiger partial charge >= 0.3 is 5.97 Å². The number of carboxylic acids is 1. The molecule has 0 aromatic heterocycles. The lowest BCUT2D eigenvalue weighted by Crippen LogP contribution is -2.33. The molecule has 0 aliphatic heterocycles. The Hall–Kier alpha value is -0.860. The first-order valence-electron chi connectivity index (χ1n) is 4.64. The molecule has 13 heavy (non-hydrogen) atoms. The second kappa shape index (κ2) is 2.14. The van der Waals surface area contributed by atoms with E-state index in [0.717, 1.165) is 6.42 Å². The molecule has 3 nitrogen and oxygen atoms in total. The molecule has 2 fully saturated rings. The quantitative estimate of drug-likeness (QED) is 0.668. The van der Waals surface area contributed by atoms with E-state index in [1.807, 2.05) is 13.8 Å². The number of rotatable bonds is 1. The summed E-state index contributed by atoms with van der Waals surface area (Å²) in [5.74, 6) is -0.790. The van der Waals surface area contributed by atoms with Gasteiger partial charge in [-0.05, 0) is 18.3 Å². The second-order valence-electron chi connectivity index (χ2n) is 5.09. The molecule has 0 spiro atoms. The van der Waals surface area contributed by atoms with E-state index in [1.54, 1.807) is 0 Å². The summed E-state index contributed by atoms with van der Waals surface area (Å²) < 4.78 is 0. The van der Waals surface area contributed by atoms with Crippen molar-refractivity contribution >= 4 is 11.8 Å². The molecule has 0 saturated heterocycles. The lowest BCUT2D eigenvalue weighted by Gasteiger charge is -2.28. The average molecular weight is 182 g/mol. The highest BCUT2D eigenvalue weighted by Gasteiger charge is 2.62. The summed E-state index contributed by atoms with van der Waals surface area (Å²) >= 11 is 0. The molecule has 2 bridgehead atoms. The molecule has 0 radical (unpaired) electrons. The van der Waals surface area contributed by atoms with E-state index in [-0.39, 0.29) is 22.5 Å². The van der Waals surface area contributed by atoms with Gasteiger partial charge in [0, 0.05) is 11.8 Å². The van der Waals surface area contributed by atoms with E-state index >= 15 is 0 Å². The number of aliphatic carboxylic acids is 1. The highest BCUT2D eigenvalue weighted by atomic mass is 16.4. The molecule has 0 aromatic rings. The average Bonchev–Trinajstić information content (AvgIpc) is 2.34. The lowest BCUT2D eigenvalue weighted by atomic mass is 9.74. The van der Waals surface area contributed by atoms with Gasteiger partial charge in [-0.3, -0.25) is 9.59 Å². The number of carboxylic acid groups (broad SMARTS) is 1. The first-order valence-corrected chi connectivity index (χ1v) is 4.64. The molecule has 0 aromatic carbocycles. The zero-order valence-corrected chi connectivity index (χ0v) is 7.96. The van der Waals surface area contributed by atoms with Crippen molar-refractivity contribution in [3.05, 3.63) is 0 Å². The van der Waals surface area contributed by atoms with Crippen molar-refractivity contribution in [1.82, 2.24) is 0 Å². The first kappa shape index (κ1) is 8.73. The number of fused-ring (bicyclic) bond motifs is 2. The van der Waals surface area contributed by atoms with Crippen molar-refractivity contribution in [3.63, 3.8) is 0 Å². The van der Waals surface area contributed by atoms with Crippen molar-refractivity contribution < 1.29 is 14.7 Å². The van der Waals surface area contributed by atoms with E-state index in [4.69, 9.17) is 5.11 Å². The molecule has 2 aliphatic carbocycles. The van der Waals surface area contributed by atoms with Crippen molar-refractivity contribution in [2.45, 2.75) is 33.1 Å². The Labute approximate surface area is 77.1 Å². The van der Waals surface area contributed by atoms with Gasteiger partial charge < -0.3 is 5.11 Å². The summed E-state index contributed by atoms with van der Waals surface area (Å²) in [5, 5.41) is 8.99. The monoisotopic (exact) mass is 182 g/mol. The van der Waals surface area contributed by atoms with E-state index in [0.29, 0.717) is 12.8 Å². The summed E-state index contributed by atoms with van der Waals surface area (Å²) in [6, 6.07) is 0. The Bertz CT molecular complexity index is 297. The Morgan fingerprint density at radius 1 is 1.54 bits per heavy atom. The van der Waals surface area contributed by atoms with Gasteiger partial charge in [-0.2, -0.15) is 0 Å². The topological polar surface area (TPSA) is 54.4 Å². The zero-order chi connectivity index (χ0) is 9.85. The third-order valence-electron chi connectivity index (χ3n) is 3.83. The molecule has 2 saturated carbocycles. The Kier molecular flexibility index (Phi) is 1.44. The van der Waals surface area contributed by atoms with Gasteiger partial charge in [-0.25, -0.2) is 0 Å². The standard InChI is InChI=1S/C10H14O3/c1-9-4-7(11)10(2,5-9)3-6(9)8(12)13/h6H,3-5H2,1-2H3,(H,12,13)/t6-,9+,10+/m1/s1. The number of hydrogen-bond donors (Lipinski definition) is 1. The molecular weight excluding hydrogens is 168 g/mol. The molecule has 72 valence electrons. The number of Topliss-reactive ketones (excluding diaryl/α,β-unsaturated/α-hetero) is 1. The van der Waals surface area contributed by atoms with Crippen LogP contribution in [0.3, 0.4) is 0 Å². The van der Waals surface area contributed by atoms with Gasteiger partial charge in [-0.1, -0.05) is 13.8 Å². The van der Waals surface area contributed by atoms with Crippen LogP contribution in [0.1, 0.15) is 33.1 Å². The Morgan fingerprint density at radius 3 is 2.46 bits per heavy atom. The molecule has 0 heterocycles. The van der Waals surface area contributed by atoms with E-state index in [1.165, 1.54) is 0 Å². The van der Waals surface area contributed by atoms with Crippen LogP contribution in [0, 0.1) is 16.7 Å². The summed E-state index contributed by atoms with van der Waals surface area (Å²) in [6.07, 6.45) is 1.76. The van der Waals surface area contributed by atoms with Gasteiger partial charge in [0.1, 0.15) is 5.78 Å². The van der Waals surface area contributed by atoms with Crippen molar-refractivity contribution in [2.24, 2.45) is 16.7 Å². The van der Waals surface area contributed by atoms with E-state index < -0.39 is 5.97 Å². The van der Waals surface area contributed by atoms with Gasteiger partial charge in [-0.15, -0.1) is 0 Å². The molecular formula is C10H14O3. The van der Waals surface area contributed by atoms with E-state index in [2.05, 4.69) is 0 Å². The maximum atomic E-state index is 11.5. The number of ketones is 1. The smallest absolute Gasteiger partial charge is 0.307 e. The van der Waals surface area contributed by atoms with Crippen LogP contribution in [-0.4, -0.2) is 16.9 Å². The van der Waals surface area contributed by atoms with Crippen LogP contribution in [0.2, 0.25) is 0 Å². The van der Waals surface area contributed by atoms with Gasteiger partial charge in [0.25, 0.3) is 0 Å². The number of hydrogen-bond acceptors (Lipinski definition) is 2. The van der Waals surface area contributed by atoms with Crippen LogP contribution in [0.4, 0.5) is 0 Å². The van der Waals surface area contributed by atoms with Crippen LogP contribution < -0.4 is 0 Å². The van der Waals surface area contributed by atoms with Gasteiger partial charge in [0.15, 0.2) is 0 Å². The highest BCUT2D eigenvalue weighted by Crippen LogP contribution is 2.62. The Balaban J connectivity index is 2.36. The maximum Gasteiger partial charge on any atom is 0.307 e. The summed E-state index contributed by atoms with van der Waals surface area (Å²) in [4.78, 5) is 22.5. The SMILES string of the molecule is C[C@@]12C[C@H](C(=O)O)[C@@](C)(CC1=O)C2. The second-order valence-corrected chi connectivity index (χ2v) is 5.09. The minimum Gasteiger partial charge on any atom is -0.481 e. The third kappa shape index (κ3) is 0.960. The molecule has 2 aliphatic rings. The number of carbonyl (C=O) groups excluding carboxylic acids is 1. The van der Waals surface area contributed by atoms with Crippen LogP contribution in [0.5, 0.6) is 0 Å². The lowest BCUT2D eigenvalue weighted by molar-refractivity contribution is -0.147. The minimum atomic E-state index is -0.737. The predicted octanol–water partition coefficient (Wildman–Crippen LogP) is 1.47. The van der Waals surface area contributed by atoms with Crippen molar-refractivity contribution in [2.75, 3.05) is 0 Å². The summed E-state index contributed by atoms with van der Waals surface area (Å²) in [6.45, 7) is 3.84. The van der Waals surface area contributed by atoms with E-state index in [9.17, 15) is 9.59 Å². The minimum absolute atomic E-state index is 0.257. The molecule has 0 unspecified atom stereocenters. The van der Waals surface area contributed by atoms with Crippen molar-refractivity contribution in [3.8, 4) is 0 Å². The van der Waals surface area contributed by atoms with Crippen LogP contribution >= 0.6 is 0 Å². The van der Waals surface area contributed by atoms with Crippen LogP contribution in [0.25, 0.3) is 0 Å². The maximum absolute atomic E-state index is 11.5. The van der Waals surface area contributed by atoms with Crippen molar-refractivity contribution in [1.29, 1.82) is 0 Å². The molecule has 2 rings (SSSR count). The van der Waals surface area contributed by atoms with Gasteiger partial charge in [0.05, 0.1) is 5.92 Å². The Morgan fingerprint density at radius 2 is 2.15 bits per heavy atom. The summed E-state index contributed by atoms with van der Waals surface area (Å²) in [7, 11) is 0. The normalized spacial score (nSPS) is 48.5. The van der Waals surface area contributed by atoms with Crippen LogP contribution in [-0.2, 0) is 9.59 Å². The van der Waals surface area contributed by atoms with Crippen LogP contribution in [0.15, 0.2) is 0 Å². The van der Waals surface area contributed by atoms with Gasteiger partial charge in [0.2, 0.25) is 0 Å². The third-order valence-corrected chi connectivity index (χ3v) is 3.83. The fourth-order valence-electron chi connectivity index (χ4n) is 3.15. The molecule has 3 heteroatoms. The molecule has 0 amide bonds.